The van der Waals surface area contributed by atoms with E-state index in [1.54, 1.807) is 4.31 Å². The fraction of sp³-hybridized carbons (Fsp3) is 0.600. The van der Waals surface area contributed by atoms with Gasteiger partial charge in [0.25, 0.3) is 0 Å². The minimum atomic E-state index is -3.37. The first-order valence-corrected chi connectivity index (χ1v) is 8.55. The van der Waals surface area contributed by atoms with Crippen molar-refractivity contribution < 1.29 is 8.42 Å². The molecule has 1 heterocycles. The maximum atomic E-state index is 12.8. The van der Waals surface area contributed by atoms with E-state index in [4.69, 9.17) is 0 Å². The lowest BCUT2D eigenvalue weighted by Crippen LogP contribution is -2.47. The summed E-state index contributed by atoms with van der Waals surface area (Å²) in [5, 5.41) is 0. The van der Waals surface area contributed by atoms with Gasteiger partial charge in [-0.05, 0) is 37.1 Å². The molecular weight excluding hydrogens is 272 g/mol. The molecule has 0 bridgehead atoms. The van der Waals surface area contributed by atoms with Gasteiger partial charge in [-0.3, -0.25) is 0 Å². The molecule has 4 nitrogen and oxygen atoms in total. The van der Waals surface area contributed by atoms with E-state index in [1.807, 2.05) is 32.2 Å². The van der Waals surface area contributed by atoms with Crippen LogP contribution in [0.25, 0.3) is 0 Å². The quantitative estimate of drug-likeness (QED) is 0.857. The zero-order valence-electron chi connectivity index (χ0n) is 12.8. The zero-order valence-corrected chi connectivity index (χ0v) is 13.6. The summed E-state index contributed by atoms with van der Waals surface area (Å²) in [7, 11) is -1.34. The highest BCUT2D eigenvalue weighted by Crippen LogP contribution is 2.25. The Bertz CT molecular complexity index is 574. The van der Waals surface area contributed by atoms with Crippen LogP contribution in [0, 0.1) is 6.92 Å². The van der Waals surface area contributed by atoms with Gasteiger partial charge in [0.15, 0.2) is 0 Å². The molecule has 1 saturated heterocycles. The first kappa shape index (κ1) is 15.5. The molecule has 0 spiro atoms. The molecule has 1 fully saturated rings. The van der Waals surface area contributed by atoms with Crippen LogP contribution in [0.15, 0.2) is 23.1 Å². The van der Waals surface area contributed by atoms with Crippen LogP contribution < -0.4 is 0 Å². The number of sulfonamides is 1. The highest BCUT2D eigenvalue weighted by molar-refractivity contribution is 7.89. The maximum absolute atomic E-state index is 12.8. The topological polar surface area (TPSA) is 40.6 Å². The number of rotatable bonds is 3. The Hall–Kier alpha value is -0.910. The average molecular weight is 296 g/mol. The lowest BCUT2D eigenvalue weighted by Gasteiger charge is -2.32. The van der Waals surface area contributed by atoms with Crippen molar-refractivity contribution in [3.05, 3.63) is 29.3 Å². The van der Waals surface area contributed by atoms with E-state index in [9.17, 15) is 8.42 Å². The Balaban J connectivity index is 2.36. The van der Waals surface area contributed by atoms with Crippen LogP contribution in [0.2, 0.25) is 0 Å². The summed E-state index contributed by atoms with van der Waals surface area (Å²) in [5.74, 6) is 0.331. The van der Waals surface area contributed by atoms with Gasteiger partial charge in [-0.1, -0.05) is 26.0 Å². The van der Waals surface area contributed by atoms with Gasteiger partial charge in [0.2, 0.25) is 10.0 Å². The molecule has 0 N–H and O–H groups in total. The average Bonchev–Trinajstić information content (AvgIpc) is 2.39. The SMILES string of the molecule is Cc1ccc(C(C)C)cc1S(=O)(=O)N1CCN(C)CC1. The fourth-order valence-electron chi connectivity index (χ4n) is 2.42. The summed E-state index contributed by atoms with van der Waals surface area (Å²) in [4.78, 5) is 2.62. The van der Waals surface area contributed by atoms with Gasteiger partial charge in [0, 0.05) is 26.2 Å². The summed E-state index contributed by atoms with van der Waals surface area (Å²) in [6.07, 6.45) is 0. The summed E-state index contributed by atoms with van der Waals surface area (Å²) in [6, 6.07) is 5.77. The lowest BCUT2D eigenvalue weighted by molar-refractivity contribution is 0.222. The summed E-state index contributed by atoms with van der Waals surface area (Å²) < 4.78 is 27.2. The number of hydrogen-bond acceptors (Lipinski definition) is 3. The van der Waals surface area contributed by atoms with Crippen LogP contribution in [0.5, 0.6) is 0 Å². The molecule has 1 aromatic carbocycles. The standard InChI is InChI=1S/C15H24N2O2S/c1-12(2)14-6-5-13(3)15(11-14)20(18,19)17-9-7-16(4)8-10-17/h5-6,11-12H,7-10H2,1-4H3. The smallest absolute Gasteiger partial charge is 0.243 e. The molecule has 20 heavy (non-hydrogen) atoms. The predicted octanol–water partition coefficient (Wildman–Crippen LogP) is 2.05. The number of likely N-dealkylation sites (N-methyl/N-ethyl adjacent to an activating group) is 1. The monoisotopic (exact) mass is 296 g/mol. The van der Waals surface area contributed by atoms with E-state index >= 15 is 0 Å². The van der Waals surface area contributed by atoms with Crippen LogP contribution in [0.1, 0.15) is 30.9 Å². The normalized spacial score (nSPS) is 18.6. The second-order valence-corrected chi connectivity index (χ2v) is 7.79. The minimum Gasteiger partial charge on any atom is -0.304 e. The maximum Gasteiger partial charge on any atom is 0.243 e. The van der Waals surface area contributed by atoms with Gasteiger partial charge in [0.05, 0.1) is 4.90 Å². The molecule has 5 heteroatoms. The molecule has 0 unspecified atom stereocenters. The van der Waals surface area contributed by atoms with Crippen LogP contribution in [-0.2, 0) is 10.0 Å². The van der Waals surface area contributed by atoms with E-state index in [1.165, 1.54) is 0 Å². The third-order valence-electron chi connectivity index (χ3n) is 3.96. The van der Waals surface area contributed by atoms with E-state index in [-0.39, 0.29) is 0 Å². The van der Waals surface area contributed by atoms with Gasteiger partial charge in [-0.25, -0.2) is 8.42 Å². The van der Waals surface area contributed by atoms with Crippen molar-refractivity contribution in [3.63, 3.8) is 0 Å². The molecule has 0 radical (unpaired) electrons. The number of aryl methyl sites for hydroxylation is 1. The number of hydrogen-bond donors (Lipinski definition) is 0. The first-order valence-electron chi connectivity index (χ1n) is 7.11. The van der Waals surface area contributed by atoms with Gasteiger partial charge in [-0.2, -0.15) is 4.31 Å². The van der Waals surface area contributed by atoms with Crippen LogP contribution in [-0.4, -0.2) is 50.8 Å². The van der Waals surface area contributed by atoms with Crippen molar-refractivity contribution >= 4 is 10.0 Å². The second kappa shape index (κ2) is 5.84. The van der Waals surface area contributed by atoms with Crippen molar-refractivity contribution in [2.75, 3.05) is 33.2 Å². The molecule has 112 valence electrons. The van der Waals surface area contributed by atoms with Gasteiger partial charge >= 0.3 is 0 Å². The van der Waals surface area contributed by atoms with Gasteiger partial charge < -0.3 is 4.90 Å². The van der Waals surface area contributed by atoms with Crippen molar-refractivity contribution in [3.8, 4) is 0 Å². The Morgan fingerprint density at radius 3 is 2.25 bits per heavy atom. The largest absolute Gasteiger partial charge is 0.304 e. The molecule has 0 amide bonds. The Kier molecular flexibility index (Phi) is 4.52. The van der Waals surface area contributed by atoms with Crippen LogP contribution >= 0.6 is 0 Å². The molecule has 0 atom stereocenters. The number of nitrogens with zero attached hydrogens (tertiary/aromatic N) is 2. The molecule has 1 aromatic rings. The van der Waals surface area contributed by atoms with Crippen LogP contribution in [0.3, 0.4) is 0 Å². The molecule has 2 rings (SSSR count). The number of piperazine rings is 1. The molecular formula is C15H24N2O2S. The third-order valence-corrected chi connectivity index (χ3v) is 6.00. The number of benzene rings is 1. The molecule has 0 saturated carbocycles. The van der Waals surface area contributed by atoms with E-state index in [0.29, 0.717) is 23.9 Å². The zero-order chi connectivity index (χ0) is 14.9. The summed E-state index contributed by atoms with van der Waals surface area (Å²) >= 11 is 0. The lowest BCUT2D eigenvalue weighted by atomic mass is 10.0. The molecule has 0 aromatic heterocycles. The Labute approximate surface area is 122 Å². The van der Waals surface area contributed by atoms with Crippen molar-refractivity contribution in [2.24, 2.45) is 0 Å². The van der Waals surface area contributed by atoms with E-state index in [0.717, 1.165) is 24.2 Å². The predicted molar refractivity (Wildman–Crippen MR) is 81.5 cm³/mol. The van der Waals surface area contributed by atoms with Crippen LogP contribution in [0.4, 0.5) is 0 Å². The van der Waals surface area contributed by atoms with E-state index in [2.05, 4.69) is 18.7 Å². The molecule has 0 aliphatic carbocycles. The fourth-order valence-corrected chi connectivity index (χ4v) is 4.10. The molecule has 1 aliphatic heterocycles. The second-order valence-electron chi connectivity index (χ2n) is 5.89. The van der Waals surface area contributed by atoms with Crippen molar-refractivity contribution in [1.29, 1.82) is 0 Å². The van der Waals surface area contributed by atoms with Crippen molar-refractivity contribution in [1.82, 2.24) is 9.21 Å². The summed E-state index contributed by atoms with van der Waals surface area (Å²) in [5.41, 5.74) is 1.90. The van der Waals surface area contributed by atoms with E-state index < -0.39 is 10.0 Å². The Morgan fingerprint density at radius 2 is 1.70 bits per heavy atom. The minimum absolute atomic E-state index is 0.331. The van der Waals surface area contributed by atoms with Gasteiger partial charge in [-0.15, -0.1) is 0 Å². The Morgan fingerprint density at radius 1 is 1.10 bits per heavy atom. The van der Waals surface area contributed by atoms with Gasteiger partial charge in [0.1, 0.15) is 0 Å². The third kappa shape index (κ3) is 3.05. The summed E-state index contributed by atoms with van der Waals surface area (Å²) in [6.45, 7) is 8.76. The first-order chi connectivity index (χ1) is 9.32. The van der Waals surface area contributed by atoms with Crippen molar-refractivity contribution in [2.45, 2.75) is 31.6 Å². The molecule has 1 aliphatic rings. The highest BCUT2D eigenvalue weighted by atomic mass is 32.2. The highest BCUT2D eigenvalue weighted by Gasteiger charge is 2.28.